The molecule has 0 radical (unpaired) electrons. The van der Waals surface area contributed by atoms with Crippen LogP contribution in [0.4, 0.5) is 4.79 Å². The van der Waals surface area contributed by atoms with E-state index in [1.165, 1.54) is 18.4 Å². The number of carbonyl (C=O) groups excluding carboxylic acids is 1. The number of hydrogen-bond donors (Lipinski definition) is 1. The van der Waals surface area contributed by atoms with Crippen LogP contribution in [0.25, 0.3) is 0 Å². The standard InChI is InChI=1S/C21H32N2O3/c1-16(15-20(26-21(22)24)19-12-6-7-13-19)17(2)23-25-14-8-11-18-9-4-3-5-10-18/h3-5,9-10,16,19-20H,6-8,11-15H2,1-2H3,(H2,22,24)/b23-17+/t16-,20+/m0/s1. The Balaban J connectivity index is 1.74. The van der Waals surface area contributed by atoms with Crippen LogP contribution in [0, 0.1) is 11.8 Å². The highest BCUT2D eigenvalue weighted by Crippen LogP contribution is 2.32. The van der Waals surface area contributed by atoms with E-state index in [0.717, 1.165) is 37.8 Å². The molecule has 1 fully saturated rings. The van der Waals surface area contributed by atoms with E-state index < -0.39 is 6.09 Å². The summed E-state index contributed by atoms with van der Waals surface area (Å²) >= 11 is 0. The lowest BCUT2D eigenvalue weighted by molar-refractivity contribution is 0.0589. The number of amides is 1. The zero-order valence-corrected chi connectivity index (χ0v) is 16.0. The molecule has 2 rings (SSSR count). The van der Waals surface area contributed by atoms with Crippen LogP contribution in [0.3, 0.4) is 0 Å². The highest BCUT2D eigenvalue weighted by molar-refractivity contribution is 5.83. The number of carbonyl (C=O) groups is 1. The predicted molar refractivity (Wildman–Crippen MR) is 104 cm³/mol. The number of aryl methyl sites for hydroxylation is 1. The molecule has 1 aromatic carbocycles. The molecule has 1 saturated carbocycles. The van der Waals surface area contributed by atoms with Crippen molar-refractivity contribution in [2.45, 2.75) is 64.9 Å². The largest absolute Gasteiger partial charge is 0.446 e. The minimum atomic E-state index is -0.680. The Morgan fingerprint density at radius 2 is 1.96 bits per heavy atom. The van der Waals surface area contributed by atoms with Crippen LogP contribution < -0.4 is 5.73 Å². The Labute approximate surface area is 156 Å². The lowest BCUT2D eigenvalue weighted by Gasteiger charge is -2.25. The zero-order chi connectivity index (χ0) is 18.8. The second-order valence-electron chi connectivity index (χ2n) is 7.31. The first kappa shape index (κ1) is 20.3. The average Bonchev–Trinajstić information content (AvgIpc) is 3.15. The highest BCUT2D eigenvalue weighted by atomic mass is 16.6. The van der Waals surface area contributed by atoms with E-state index in [4.69, 9.17) is 15.3 Å². The van der Waals surface area contributed by atoms with Crippen molar-refractivity contribution >= 4 is 11.8 Å². The molecule has 0 aromatic heterocycles. The molecule has 1 aliphatic rings. The Morgan fingerprint density at radius 1 is 1.27 bits per heavy atom. The molecule has 144 valence electrons. The molecule has 26 heavy (non-hydrogen) atoms. The third kappa shape index (κ3) is 7.06. The van der Waals surface area contributed by atoms with Gasteiger partial charge in [-0.25, -0.2) is 4.79 Å². The van der Waals surface area contributed by atoms with E-state index >= 15 is 0 Å². The van der Waals surface area contributed by atoms with Crippen molar-refractivity contribution in [3.05, 3.63) is 35.9 Å². The SMILES string of the molecule is C/C(=N\OCCCc1ccccc1)[C@@H](C)C[C@@H](OC(N)=O)C1CCCC1. The van der Waals surface area contributed by atoms with Crippen molar-refractivity contribution in [1.29, 1.82) is 0 Å². The Bertz CT molecular complexity index is 568. The summed E-state index contributed by atoms with van der Waals surface area (Å²) in [5.41, 5.74) is 7.50. The van der Waals surface area contributed by atoms with Gasteiger partial charge in [0.2, 0.25) is 0 Å². The van der Waals surface area contributed by atoms with Gasteiger partial charge in [0, 0.05) is 5.92 Å². The lowest BCUT2D eigenvalue weighted by atomic mass is 9.90. The smallest absolute Gasteiger partial charge is 0.404 e. The van der Waals surface area contributed by atoms with Crippen molar-refractivity contribution in [3.8, 4) is 0 Å². The molecule has 2 N–H and O–H groups in total. The number of ether oxygens (including phenoxy) is 1. The van der Waals surface area contributed by atoms with Crippen LogP contribution in [0.1, 0.15) is 57.9 Å². The third-order valence-corrected chi connectivity index (χ3v) is 5.24. The Kier molecular flexibility index (Phi) is 8.45. The summed E-state index contributed by atoms with van der Waals surface area (Å²) < 4.78 is 5.39. The number of oxime groups is 1. The molecular weight excluding hydrogens is 328 g/mol. The molecule has 2 atom stereocenters. The van der Waals surface area contributed by atoms with Gasteiger partial charge in [-0.1, -0.05) is 55.3 Å². The highest BCUT2D eigenvalue weighted by Gasteiger charge is 2.29. The fraction of sp³-hybridized carbons (Fsp3) is 0.619. The first-order valence-corrected chi connectivity index (χ1v) is 9.72. The molecule has 1 aromatic rings. The van der Waals surface area contributed by atoms with E-state index in [1.54, 1.807) is 0 Å². The van der Waals surface area contributed by atoms with Gasteiger partial charge in [-0.05, 0) is 50.5 Å². The van der Waals surface area contributed by atoms with Gasteiger partial charge in [-0.2, -0.15) is 0 Å². The number of rotatable bonds is 10. The van der Waals surface area contributed by atoms with Gasteiger partial charge in [0.1, 0.15) is 12.7 Å². The second-order valence-corrected chi connectivity index (χ2v) is 7.31. The maximum atomic E-state index is 11.2. The van der Waals surface area contributed by atoms with Crippen molar-refractivity contribution < 1.29 is 14.4 Å². The summed E-state index contributed by atoms with van der Waals surface area (Å²) in [7, 11) is 0. The van der Waals surface area contributed by atoms with Gasteiger partial charge >= 0.3 is 6.09 Å². The van der Waals surface area contributed by atoms with Crippen LogP contribution in [-0.2, 0) is 16.0 Å². The van der Waals surface area contributed by atoms with Gasteiger partial charge in [-0.3, -0.25) is 0 Å². The maximum Gasteiger partial charge on any atom is 0.404 e. The van der Waals surface area contributed by atoms with Crippen LogP contribution >= 0.6 is 0 Å². The molecule has 0 unspecified atom stereocenters. The summed E-state index contributed by atoms with van der Waals surface area (Å²) in [6, 6.07) is 10.4. The minimum Gasteiger partial charge on any atom is -0.446 e. The molecule has 0 saturated heterocycles. The van der Waals surface area contributed by atoms with E-state index in [2.05, 4.69) is 36.3 Å². The molecule has 1 aliphatic carbocycles. The summed E-state index contributed by atoms with van der Waals surface area (Å²) in [6.45, 7) is 4.67. The van der Waals surface area contributed by atoms with E-state index in [9.17, 15) is 4.79 Å². The number of benzene rings is 1. The molecule has 0 heterocycles. The monoisotopic (exact) mass is 360 g/mol. The van der Waals surface area contributed by atoms with Crippen molar-refractivity contribution in [2.24, 2.45) is 22.7 Å². The Hall–Kier alpha value is -2.04. The first-order chi connectivity index (χ1) is 12.6. The number of nitrogens with zero attached hydrogens (tertiary/aromatic N) is 1. The molecule has 1 amide bonds. The van der Waals surface area contributed by atoms with Crippen LogP contribution in [0.2, 0.25) is 0 Å². The fourth-order valence-electron chi connectivity index (χ4n) is 3.56. The van der Waals surface area contributed by atoms with Crippen LogP contribution in [0.15, 0.2) is 35.5 Å². The van der Waals surface area contributed by atoms with Crippen molar-refractivity contribution in [3.63, 3.8) is 0 Å². The van der Waals surface area contributed by atoms with Gasteiger partial charge < -0.3 is 15.3 Å². The molecular formula is C21H32N2O3. The molecule has 0 spiro atoms. The van der Waals surface area contributed by atoms with Gasteiger partial charge in [0.25, 0.3) is 0 Å². The Morgan fingerprint density at radius 3 is 2.62 bits per heavy atom. The molecule has 5 nitrogen and oxygen atoms in total. The van der Waals surface area contributed by atoms with E-state index in [-0.39, 0.29) is 12.0 Å². The number of nitrogens with two attached hydrogens (primary N) is 1. The number of hydrogen-bond acceptors (Lipinski definition) is 4. The first-order valence-electron chi connectivity index (χ1n) is 9.72. The van der Waals surface area contributed by atoms with Gasteiger partial charge in [-0.15, -0.1) is 0 Å². The third-order valence-electron chi connectivity index (χ3n) is 5.24. The summed E-state index contributed by atoms with van der Waals surface area (Å²) in [4.78, 5) is 16.7. The topological polar surface area (TPSA) is 73.9 Å². The van der Waals surface area contributed by atoms with Crippen LogP contribution in [-0.4, -0.2) is 24.5 Å². The minimum absolute atomic E-state index is 0.117. The van der Waals surface area contributed by atoms with Crippen molar-refractivity contribution in [2.75, 3.05) is 6.61 Å². The maximum absolute atomic E-state index is 11.2. The van der Waals surface area contributed by atoms with E-state index in [0.29, 0.717) is 12.5 Å². The summed E-state index contributed by atoms with van der Waals surface area (Å²) in [5.74, 6) is 0.610. The molecule has 0 aliphatic heterocycles. The second kappa shape index (κ2) is 10.8. The lowest BCUT2D eigenvalue weighted by Crippen LogP contribution is -2.31. The fourth-order valence-corrected chi connectivity index (χ4v) is 3.56. The summed E-state index contributed by atoms with van der Waals surface area (Å²) in [5, 5.41) is 4.26. The quantitative estimate of drug-likeness (QED) is 0.373. The van der Waals surface area contributed by atoms with Crippen LogP contribution in [0.5, 0.6) is 0 Å². The average molecular weight is 360 g/mol. The van der Waals surface area contributed by atoms with E-state index in [1.807, 2.05) is 13.0 Å². The van der Waals surface area contributed by atoms with Gasteiger partial charge in [0.15, 0.2) is 0 Å². The zero-order valence-electron chi connectivity index (χ0n) is 16.0. The molecule has 0 bridgehead atoms. The van der Waals surface area contributed by atoms with Crippen molar-refractivity contribution in [1.82, 2.24) is 0 Å². The predicted octanol–water partition coefficient (Wildman–Crippen LogP) is 4.69. The normalized spacial score (nSPS) is 17.7. The van der Waals surface area contributed by atoms with Gasteiger partial charge in [0.05, 0.1) is 5.71 Å². The summed E-state index contributed by atoms with van der Waals surface area (Å²) in [6.07, 6.45) is 6.49. The number of primary amides is 1. The molecule has 5 heteroatoms.